The molecule has 0 unspecified atom stereocenters. The second kappa shape index (κ2) is 6.04. The Labute approximate surface area is 134 Å². The molecule has 0 spiro atoms. The average Bonchev–Trinajstić information content (AvgIpc) is 2.90. The van der Waals surface area contributed by atoms with E-state index in [9.17, 15) is 4.79 Å². The highest BCUT2D eigenvalue weighted by Crippen LogP contribution is 2.26. The summed E-state index contributed by atoms with van der Waals surface area (Å²) in [5.41, 5.74) is 3.95. The highest BCUT2D eigenvalue weighted by molar-refractivity contribution is 6.07. The topological polar surface area (TPSA) is 59.8 Å². The summed E-state index contributed by atoms with van der Waals surface area (Å²) >= 11 is 0. The van der Waals surface area contributed by atoms with Gasteiger partial charge in [-0.15, -0.1) is 6.58 Å². The van der Waals surface area contributed by atoms with E-state index in [2.05, 4.69) is 22.0 Å². The number of aryl methyl sites for hydroxylation is 2. The molecule has 116 valence electrons. The van der Waals surface area contributed by atoms with E-state index in [1.165, 1.54) is 0 Å². The van der Waals surface area contributed by atoms with E-state index < -0.39 is 0 Å². The van der Waals surface area contributed by atoms with Crippen LogP contribution in [0.3, 0.4) is 0 Å². The van der Waals surface area contributed by atoms with E-state index in [1.807, 2.05) is 50.5 Å². The van der Waals surface area contributed by atoms with Crippen LogP contribution in [0, 0.1) is 6.92 Å². The fourth-order valence-corrected chi connectivity index (χ4v) is 2.61. The number of hydrogen-bond acceptors (Lipinski definition) is 3. The lowest BCUT2D eigenvalue weighted by Crippen LogP contribution is -2.23. The minimum Gasteiger partial charge on any atom is -0.349 e. The van der Waals surface area contributed by atoms with Crippen LogP contribution in [0.5, 0.6) is 0 Å². The fourth-order valence-electron chi connectivity index (χ4n) is 2.61. The van der Waals surface area contributed by atoms with Crippen molar-refractivity contribution < 1.29 is 4.79 Å². The maximum absolute atomic E-state index is 12.5. The minimum atomic E-state index is -0.133. The summed E-state index contributed by atoms with van der Waals surface area (Å²) < 4.78 is 1.75. The molecule has 0 aliphatic rings. The summed E-state index contributed by atoms with van der Waals surface area (Å²) in [7, 11) is 1.87. The molecule has 1 N–H and O–H groups in total. The van der Waals surface area contributed by atoms with Gasteiger partial charge in [0, 0.05) is 30.7 Å². The lowest BCUT2D eigenvalue weighted by atomic mass is 10.0. The smallest absolute Gasteiger partial charge is 0.252 e. The SMILES string of the molecule is C=CCNC(=O)c1cc(-c2cn(C)nc2C)nc2ccccc12. The number of aromatic nitrogens is 3. The normalized spacial score (nSPS) is 10.7. The Hall–Kier alpha value is -2.95. The quantitative estimate of drug-likeness (QED) is 0.754. The molecule has 0 atom stereocenters. The molecule has 23 heavy (non-hydrogen) atoms. The summed E-state index contributed by atoms with van der Waals surface area (Å²) in [5.74, 6) is -0.133. The van der Waals surface area contributed by atoms with Crippen LogP contribution in [0.2, 0.25) is 0 Å². The van der Waals surface area contributed by atoms with Crippen LogP contribution in [0.25, 0.3) is 22.2 Å². The van der Waals surface area contributed by atoms with Crippen molar-refractivity contribution in [2.75, 3.05) is 6.54 Å². The van der Waals surface area contributed by atoms with Crippen LogP contribution in [0.4, 0.5) is 0 Å². The Balaban J connectivity index is 2.19. The summed E-state index contributed by atoms with van der Waals surface area (Å²) in [6.07, 6.45) is 3.57. The summed E-state index contributed by atoms with van der Waals surface area (Å²) in [5, 5.41) is 8.02. The zero-order valence-electron chi connectivity index (χ0n) is 13.2. The number of nitrogens with zero attached hydrogens (tertiary/aromatic N) is 3. The predicted molar refractivity (Wildman–Crippen MR) is 91.2 cm³/mol. The Kier molecular flexibility index (Phi) is 3.93. The lowest BCUT2D eigenvalue weighted by Gasteiger charge is -2.09. The van der Waals surface area contributed by atoms with Gasteiger partial charge in [-0.05, 0) is 19.1 Å². The van der Waals surface area contributed by atoms with Gasteiger partial charge in [0.1, 0.15) is 0 Å². The van der Waals surface area contributed by atoms with Crippen LogP contribution >= 0.6 is 0 Å². The molecule has 0 radical (unpaired) electrons. The van der Waals surface area contributed by atoms with Gasteiger partial charge in [0.15, 0.2) is 0 Å². The Morgan fingerprint density at radius 2 is 2.17 bits per heavy atom. The van der Waals surface area contributed by atoms with Gasteiger partial charge < -0.3 is 5.32 Å². The highest BCUT2D eigenvalue weighted by atomic mass is 16.1. The van der Waals surface area contributed by atoms with Gasteiger partial charge in [-0.25, -0.2) is 4.98 Å². The number of carbonyl (C=O) groups excluding carboxylic acids is 1. The molecule has 0 bridgehead atoms. The van der Waals surface area contributed by atoms with E-state index in [1.54, 1.807) is 10.8 Å². The second-order valence-corrected chi connectivity index (χ2v) is 5.37. The number of amides is 1. The third-order valence-corrected chi connectivity index (χ3v) is 3.66. The molecule has 0 saturated carbocycles. The van der Waals surface area contributed by atoms with Gasteiger partial charge in [0.25, 0.3) is 5.91 Å². The van der Waals surface area contributed by atoms with Gasteiger partial charge in [-0.1, -0.05) is 24.3 Å². The van der Waals surface area contributed by atoms with Crippen LogP contribution in [-0.2, 0) is 7.05 Å². The Morgan fingerprint density at radius 3 is 2.87 bits per heavy atom. The molecule has 1 aromatic carbocycles. The molecule has 1 amide bonds. The van der Waals surface area contributed by atoms with Gasteiger partial charge >= 0.3 is 0 Å². The van der Waals surface area contributed by atoms with Crippen molar-refractivity contribution in [3.8, 4) is 11.3 Å². The molecular formula is C18H18N4O. The summed E-state index contributed by atoms with van der Waals surface area (Å²) in [6.45, 7) is 5.99. The second-order valence-electron chi connectivity index (χ2n) is 5.37. The standard InChI is InChI=1S/C18H18N4O/c1-4-9-19-18(23)14-10-17(15-11-22(3)21-12(15)2)20-16-8-6-5-7-13(14)16/h4-8,10-11H,1,9H2,2-3H3,(H,19,23). The molecule has 0 saturated heterocycles. The predicted octanol–water partition coefficient (Wildman–Crippen LogP) is 2.86. The molecule has 3 rings (SSSR count). The van der Waals surface area contributed by atoms with E-state index >= 15 is 0 Å². The van der Waals surface area contributed by atoms with Crippen LogP contribution in [-0.4, -0.2) is 27.2 Å². The third kappa shape index (κ3) is 2.85. The van der Waals surface area contributed by atoms with Crippen molar-refractivity contribution >= 4 is 16.8 Å². The van der Waals surface area contributed by atoms with Crippen molar-refractivity contribution in [1.29, 1.82) is 0 Å². The maximum atomic E-state index is 12.5. The molecule has 5 nitrogen and oxygen atoms in total. The van der Waals surface area contributed by atoms with Crippen molar-refractivity contribution in [1.82, 2.24) is 20.1 Å². The zero-order chi connectivity index (χ0) is 16.4. The first-order valence-electron chi connectivity index (χ1n) is 7.39. The molecule has 0 aliphatic carbocycles. The number of pyridine rings is 1. The highest BCUT2D eigenvalue weighted by Gasteiger charge is 2.15. The number of nitrogens with one attached hydrogen (secondary N) is 1. The fraction of sp³-hybridized carbons (Fsp3) is 0.167. The zero-order valence-corrected chi connectivity index (χ0v) is 13.2. The first-order valence-corrected chi connectivity index (χ1v) is 7.39. The first kappa shape index (κ1) is 15.0. The number of para-hydroxylation sites is 1. The van der Waals surface area contributed by atoms with Crippen molar-refractivity contribution in [2.24, 2.45) is 7.05 Å². The molecule has 0 aliphatic heterocycles. The van der Waals surface area contributed by atoms with Crippen molar-refractivity contribution in [3.63, 3.8) is 0 Å². The van der Waals surface area contributed by atoms with Crippen LogP contribution in [0.15, 0.2) is 49.2 Å². The monoisotopic (exact) mass is 306 g/mol. The molecule has 0 fully saturated rings. The van der Waals surface area contributed by atoms with Gasteiger partial charge in [-0.2, -0.15) is 5.10 Å². The van der Waals surface area contributed by atoms with Crippen molar-refractivity contribution in [2.45, 2.75) is 6.92 Å². The largest absolute Gasteiger partial charge is 0.349 e. The summed E-state index contributed by atoms with van der Waals surface area (Å²) in [6, 6.07) is 9.47. The molecule has 3 aromatic rings. The number of fused-ring (bicyclic) bond motifs is 1. The van der Waals surface area contributed by atoms with E-state index in [0.717, 1.165) is 27.9 Å². The minimum absolute atomic E-state index is 0.133. The molecular weight excluding hydrogens is 288 g/mol. The Morgan fingerprint density at radius 1 is 1.39 bits per heavy atom. The van der Waals surface area contributed by atoms with Gasteiger partial charge in [0.05, 0.1) is 22.5 Å². The Bertz CT molecular complexity index is 895. The molecule has 2 aromatic heterocycles. The number of benzene rings is 1. The van der Waals surface area contributed by atoms with Crippen LogP contribution in [0.1, 0.15) is 16.1 Å². The van der Waals surface area contributed by atoms with E-state index in [4.69, 9.17) is 0 Å². The number of carbonyl (C=O) groups is 1. The third-order valence-electron chi connectivity index (χ3n) is 3.66. The summed E-state index contributed by atoms with van der Waals surface area (Å²) in [4.78, 5) is 17.2. The number of rotatable bonds is 4. The maximum Gasteiger partial charge on any atom is 0.252 e. The first-order chi connectivity index (χ1) is 11.1. The molecule has 5 heteroatoms. The molecule has 2 heterocycles. The lowest BCUT2D eigenvalue weighted by molar-refractivity contribution is 0.0959. The van der Waals surface area contributed by atoms with Gasteiger partial charge in [0.2, 0.25) is 0 Å². The average molecular weight is 306 g/mol. The van der Waals surface area contributed by atoms with E-state index in [-0.39, 0.29) is 5.91 Å². The van der Waals surface area contributed by atoms with E-state index in [0.29, 0.717) is 12.1 Å². The van der Waals surface area contributed by atoms with Gasteiger partial charge in [-0.3, -0.25) is 9.48 Å². The van der Waals surface area contributed by atoms with Crippen LogP contribution < -0.4 is 5.32 Å². The number of hydrogen-bond donors (Lipinski definition) is 1. The van der Waals surface area contributed by atoms with Crippen molar-refractivity contribution in [3.05, 3.63) is 60.4 Å².